The first kappa shape index (κ1) is 17.8. The minimum absolute atomic E-state index is 0.0170. The maximum absolute atomic E-state index is 12.0. The Balaban J connectivity index is 0.942. The predicted molar refractivity (Wildman–Crippen MR) is 95.3 cm³/mol. The van der Waals surface area contributed by atoms with E-state index in [4.69, 9.17) is 14.2 Å². The standard InChI is InChI=1S/C21H34O4/c22-21(16-9-11-18-20(14-16)25-18)23-12-6-4-2-1-3-5-7-15-8-10-17-19(13-15)24-17/h15-20H,1-14H2. The van der Waals surface area contributed by atoms with Gasteiger partial charge in [-0.05, 0) is 50.9 Å². The Morgan fingerprint density at radius 2 is 1.44 bits per heavy atom. The van der Waals surface area contributed by atoms with E-state index in [9.17, 15) is 4.79 Å². The topological polar surface area (TPSA) is 51.4 Å². The molecule has 4 nitrogen and oxygen atoms in total. The fourth-order valence-corrected chi connectivity index (χ4v) is 4.90. The normalized spacial score (nSPS) is 38.6. The molecular weight excluding hydrogens is 316 g/mol. The molecular formula is C21H34O4. The Kier molecular flexibility index (Phi) is 5.97. The van der Waals surface area contributed by atoms with Gasteiger partial charge in [-0.25, -0.2) is 0 Å². The maximum Gasteiger partial charge on any atom is 0.309 e. The van der Waals surface area contributed by atoms with Crippen molar-refractivity contribution < 1.29 is 19.0 Å². The van der Waals surface area contributed by atoms with Crippen molar-refractivity contribution in [1.29, 1.82) is 0 Å². The average Bonchev–Trinajstić information content (AvgIpc) is 3.52. The highest BCUT2D eigenvalue weighted by molar-refractivity contribution is 5.72. The van der Waals surface area contributed by atoms with Crippen molar-refractivity contribution in [2.24, 2.45) is 11.8 Å². The van der Waals surface area contributed by atoms with Crippen LogP contribution in [0.15, 0.2) is 0 Å². The molecule has 2 aliphatic heterocycles. The summed E-state index contributed by atoms with van der Waals surface area (Å²) >= 11 is 0. The Hall–Kier alpha value is -0.610. The second kappa shape index (κ2) is 8.39. The Labute approximate surface area is 152 Å². The van der Waals surface area contributed by atoms with Gasteiger partial charge in [0.15, 0.2) is 0 Å². The summed E-state index contributed by atoms with van der Waals surface area (Å²) in [5, 5.41) is 0. The monoisotopic (exact) mass is 350 g/mol. The van der Waals surface area contributed by atoms with Crippen molar-refractivity contribution in [2.75, 3.05) is 6.61 Å². The summed E-state index contributed by atoms with van der Waals surface area (Å²) in [7, 11) is 0. The fraction of sp³-hybridized carbons (Fsp3) is 0.952. The van der Waals surface area contributed by atoms with Crippen LogP contribution < -0.4 is 0 Å². The van der Waals surface area contributed by atoms with Crippen molar-refractivity contribution in [3.8, 4) is 0 Å². The van der Waals surface area contributed by atoms with Gasteiger partial charge in [0.05, 0.1) is 36.9 Å². The summed E-state index contributed by atoms with van der Waals surface area (Å²) in [5.41, 5.74) is 0. The number of esters is 1. The first-order chi connectivity index (χ1) is 12.3. The molecule has 0 aromatic heterocycles. The van der Waals surface area contributed by atoms with Crippen LogP contribution in [0.4, 0.5) is 0 Å². The second-order valence-electron chi connectivity index (χ2n) is 8.69. The van der Waals surface area contributed by atoms with Gasteiger partial charge in [-0.3, -0.25) is 4.79 Å². The number of carbonyl (C=O) groups is 1. The quantitative estimate of drug-likeness (QED) is 0.333. The number of unbranched alkanes of at least 4 members (excludes halogenated alkanes) is 5. The number of hydrogen-bond acceptors (Lipinski definition) is 4. The molecule has 2 saturated carbocycles. The summed E-state index contributed by atoms with van der Waals surface area (Å²) < 4.78 is 16.6. The van der Waals surface area contributed by atoms with Gasteiger partial charge in [0, 0.05) is 0 Å². The molecule has 4 fully saturated rings. The first-order valence-electron chi connectivity index (χ1n) is 10.8. The molecule has 0 bridgehead atoms. The van der Waals surface area contributed by atoms with Crippen molar-refractivity contribution in [3.05, 3.63) is 0 Å². The zero-order chi connectivity index (χ0) is 17.1. The van der Waals surface area contributed by atoms with E-state index in [1.807, 2.05) is 0 Å². The van der Waals surface area contributed by atoms with Crippen LogP contribution in [-0.2, 0) is 19.0 Å². The first-order valence-corrected chi connectivity index (χ1v) is 10.8. The molecule has 0 amide bonds. The van der Waals surface area contributed by atoms with Crippen LogP contribution in [0.5, 0.6) is 0 Å². The van der Waals surface area contributed by atoms with Crippen LogP contribution in [0.2, 0.25) is 0 Å². The fourth-order valence-electron chi connectivity index (χ4n) is 4.90. The molecule has 0 aromatic rings. The number of epoxide rings is 2. The molecule has 25 heavy (non-hydrogen) atoms. The van der Waals surface area contributed by atoms with Gasteiger partial charge in [-0.2, -0.15) is 0 Å². The predicted octanol–water partition coefficient (Wildman–Crippen LogP) is 4.40. The highest BCUT2D eigenvalue weighted by Crippen LogP contribution is 2.41. The molecule has 0 spiro atoms. The van der Waals surface area contributed by atoms with E-state index in [1.54, 1.807) is 0 Å². The van der Waals surface area contributed by atoms with Crippen LogP contribution in [0.25, 0.3) is 0 Å². The van der Waals surface area contributed by atoms with Crippen LogP contribution in [-0.4, -0.2) is 37.0 Å². The van der Waals surface area contributed by atoms with E-state index in [2.05, 4.69) is 0 Å². The van der Waals surface area contributed by atoms with E-state index in [-0.39, 0.29) is 11.9 Å². The van der Waals surface area contributed by atoms with Gasteiger partial charge in [0.25, 0.3) is 0 Å². The molecule has 2 heterocycles. The van der Waals surface area contributed by atoms with Crippen LogP contribution in [0, 0.1) is 11.8 Å². The third kappa shape index (κ3) is 5.19. The lowest BCUT2D eigenvalue weighted by atomic mass is 9.85. The van der Waals surface area contributed by atoms with Gasteiger partial charge in [-0.1, -0.05) is 38.5 Å². The molecule has 142 valence electrons. The average molecular weight is 350 g/mol. The molecule has 6 atom stereocenters. The van der Waals surface area contributed by atoms with E-state index >= 15 is 0 Å². The van der Waals surface area contributed by atoms with Crippen molar-refractivity contribution in [1.82, 2.24) is 0 Å². The smallest absolute Gasteiger partial charge is 0.309 e. The van der Waals surface area contributed by atoms with Crippen molar-refractivity contribution in [2.45, 2.75) is 108 Å². The highest BCUT2D eigenvalue weighted by atomic mass is 16.6. The van der Waals surface area contributed by atoms with Gasteiger partial charge >= 0.3 is 5.97 Å². The molecule has 6 unspecified atom stereocenters. The summed E-state index contributed by atoms with van der Waals surface area (Å²) in [5.74, 6) is 1.04. The zero-order valence-electron chi connectivity index (χ0n) is 15.5. The summed E-state index contributed by atoms with van der Waals surface area (Å²) in [6.45, 7) is 0.606. The summed E-state index contributed by atoms with van der Waals surface area (Å²) in [6.07, 6.45) is 17.9. The Morgan fingerprint density at radius 3 is 2.20 bits per heavy atom. The number of rotatable bonds is 10. The molecule has 4 heteroatoms. The number of ether oxygens (including phenoxy) is 3. The van der Waals surface area contributed by atoms with Gasteiger partial charge < -0.3 is 14.2 Å². The second-order valence-corrected chi connectivity index (χ2v) is 8.69. The van der Waals surface area contributed by atoms with Gasteiger partial charge in [0.2, 0.25) is 0 Å². The highest BCUT2D eigenvalue weighted by Gasteiger charge is 2.46. The lowest BCUT2D eigenvalue weighted by molar-refractivity contribution is -0.149. The number of hydrogen-bond donors (Lipinski definition) is 0. The molecule has 0 N–H and O–H groups in total. The third-order valence-electron chi connectivity index (χ3n) is 6.70. The molecule has 0 radical (unpaired) electrons. The maximum atomic E-state index is 12.0. The third-order valence-corrected chi connectivity index (χ3v) is 6.70. The van der Waals surface area contributed by atoms with Crippen LogP contribution >= 0.6 is 0 Å². The van der Waals surface area contributed by atoms with E-state index < -0.39 is 0 Å². The molecule has 2 aliphatic carbocycles. The zero-order valence-corrected chi connectivity index (χ0v) is 15.5. The minimum Gasteiger partial charge on any atom is -0.465 e. The SMILES string of the molecule is O=C(OCCCCCCCCC1CCC2OC2C1)C1CCC2OC2C1. The summed E-state index contributed by atoms with van der Waals surface area (Å²) in [4.78, 5) is 12.0. The Morgan fingerprint density at radius 1 is 0.760 bits per heavy atom. The van der Waals surface area contributed by atoms with E-state index in [0.717, 1.165) is 31.6 Å². The van der Waals surface area contributed by atoms with Crippen LogP contribution in [0.1, 0.15) is 83.5 Å². The Bertz CT molecular complexity index is 451. The van der Waals surface area contributed by atoms with Crippen molar-refractivity contribution in [3.63, 3.8) is 0 Å². The largest absolute Gasteiger partial charge is 0.465 e. The lowest BCUT2D eigenvalue weighted by Gasteiger charge is -2.18. The molecule has 0 aromatic carbocycles. The number of carbonyl (C=O) groups excluding carboxylic acids is 1. The van der Waals surface area contributed by atoms with Gasteiger partial charge in [-0.15, -0.1) is 0 Å². The lowest BCUT2D eigenvalue weighted by Crippen LogP contribution is -2.24. The van der Waals surface area contributed by atoms with E-state index in [1.165, 1.54) is 57.8 Å². The molecule has 4 aliphatic rings. The van der Waals surface area contributed by atoms with Crippen LogP contribution in [0.3, 0.4) is 0 Å². The molecule has 4 rings (SSSR count). The summed E-state index contributed by atoms with van der Waals surface area (Å²) in [6, 6.07) is 0. The van der Waals surface area contributed by atoms with E-state index in [0.29, 0.717) is 31.0 Å². The minimum atomic E-state index is 0.0170. The van der Waals surface area contributed by atoms with Gasteiger partial charge in [0.1, 0.15) is 0 Å². The number of fused-ring (bicyclic) bond motifs is 2. The molecule has 2 saturated heterocycles. The van der Waals surface area contributed by atoms with Crippen molar-refractivity contribution >= 4 is 5.97 Å².